The van der Waals surface area contributed by atoms with Crippen molar-refractivity contribution in [1.29, 1.82) is 0 Å². The highest BCUT2D eigenvalue weighted by molar-refractivity contribution is 5.91. The van der Waals surface area contributed by atoms with Crippen LogP contribution in [0, 0.1) is 18.6 Å². The molecule has 104 valence electrons. The third kappa shape index (κ3) is 2.93. The van der Waals surface area contributed by atoms with Crippen LogP contribution in [0.1, 0.15) is 21.5 Å². The second kappa shape index (κ2) is 5.69. The Balaban J connectivity index is 2.11. The van der Waals surface area contributed by atoms with Gasteiger partial charge in [-0.15, -0.1) is 0 Å². The molecule has 0 fully saturated rings. The van der Waals surface area contributed by atoms with E-state index in [1.807, 2.05) is 0 Å². The first-order valence-electron chi connectivity index (χ1n) is 5.95. The molecule has 2 rings (SSSR count). The standard InChI is InChI=1S/C15H13F2NO2/c1-9-7-11(18)5-6-12(9)15(19)20-8-10-3-2-4-13(16)14(10)17/h2-7H,8,18H2,1H3. The van der Waals surface area contributed by atoms with Crippen molar-refractivity contribution < 1.29 is 18.3 Å². The fourth-order valence-electron chi connectivity index (χ4n) is 1.80. The lowest BCUT2D eigenvalue weighted by Crippen LogP contribution is -2.08. The van der Waals surface area contributed by atoms with E-state index in [4.69, 9.17) is 10.5 Å². The number of esters is 1. The summed E-state index contributed by atoms with van der Waals surface area (Å²) in [6.45, 7) is 1.39. The number of nitrogen functional groups attached to an aromatic ring is 1. The lowest BCUT2D eigenvalue weighted by molar-refractivity contribution is 0.0467. The summed E-state index contributed by atoms with van der Waals surface area (Å²) in [5, 5.41) is 0. The Kier molecular flexibility index (Phi) is 3.98. The summed E-state index contributed by atoms with van der Waals surface area (Å²) in [5.74, 6) is -2.58. The van der Waals surface area contributed by atoms with Gasteiger partial charge >= 0.3 is 5.97 Å². The molecule has 0 heterocycles. The van der Waals surface area contributed by atoms with Crippen molar-refractivity contribution in [1.82, 2.24) is 0 Å². The van der Waals surface area contributed by atoms with E-state index in [1.54, 1.807) is 19.1 Å². The largest absolute Gasteiger partial charge is 0.457 e. The van der Waals surface area contributed by atoms with Crippen LogP contribution in [0.25, 0.3) is 0 Å². The summed E-state index contributed by atoms with van der Waals surface area (Å²) >= 11 is 0. The van der Waals surface area contributed by atoms with Gasteiger partial charge in [0.25, 0.3) is 0 Å². The van der Waals surface area contributed by atoms with E-state index in [1.165, 1.54) is 18.2 Å². The average Bonchev–Trinajstić information content (AvgIpc) is 2.40. The van der Waals surface area contributed by atoms with Gasteiger partial charge in [-0.2, -0.15) is 0 Å². The smallest absolute Gasteiger partial charge is 0.338 e. The zero-order valence-electron chi connectivity index (χ0n) is 10.8. The normalized spacial score (nSPS) is 10.3. The van der Waals surface area contributed by atoms with Crippen LogP contribution in [0.2, 0.25) is 0 Å². The van der Waals surface area contributed by atoms with E-state index in [-0.39, 0.29) is 12.2 Å². The maximum Gasteiger partial charge on any atom is 0.338 e. The summed E-state index contributed by atoms with van der Waals surface area (Å²) in [5.41, 5.74) is 7.12. The highest BCUT2D eigenvalue weighted by Gasteiger charge is 2.13. The van der Waals surface area contributed by atoms with Crippen molar-refractivity contribution in [2.75, 3.05) is 5.73 Å². The monoisotopic (exact) mass is 277 g/mol. The Morgan fingerprint density at radius 2 is 2.00 bits per heavy atom. The first-order chi connectivity index (χ1) is 9.49. The van der Waals surface area contributed by atoms with Crippen LogP contribution >= 0.6 is 0 Å². The topological polar surface area (TPSA) is 52.3 Å². The minimum Gasteiger partial charge on any atom is -0.457 e. The molecule has 3 nitrogen and oxygen atoms in total. The van der Waals surface area contributed by atoms with E-state index in [0.717, 1.165) is 6.07 Å². The van der Waals surface area contributed by atoms with Crippen molar-refractivity contribution in [3.05, 3.63) is 64.7 Å². The number of aryl methyl sites for hydroxylation is 1. The molecule has 2 aromatic rings. The number of carbonyl (C=O) groups excluding carboxylic acids is 1. The number of benzene rings is 2. The van der Waals surface area contributed by atoms with Crippen molar-refractivity contribution in [3.8, 4) is 0 Å². The van der Waals surface area contributed by atoms with Crippen molar-refractivity contribution >= 4 is 11.7 Å². The third-order valence-corrected chi connectivity index (χ3v) is 2.86. The average molecular weight is 277 g/mol. The van der Waals surface area contributed by atoms with Gasteiger partial charge in [0, 0.05) is 11.3 Å². The van der Waals surface area contributed by atoms with Gasteiger partial charge in [0.1, 0.15) is 6.61 Å². The molecule has 0 aliphatic heterocycles. The van der Waals surface area contributed by atoms with Gasteiger partial charge in [-0.25, -0.2) is 13.6 Å². The molecule has 0 bridgehead atoms. The lowest BCUT2D eigenvalue weighted by Gasteiger charge is -2.08. The number of anilines is 1. The van der Waals surface area contributed by atoms with Crippen LogP contribution in [-0.4, -0.2) is 5.97 Å². The maximum absolute atomic E-state index is 13.4. The summed E-state index contributed by atoms with van der Waals surface area (Å²) in [6.07, 6.45) is 0. The molecular formula is C15H13F2NO2. The van der Waals surface area contributed by atoms with Gasteiger partial charge in [0.05, 0.1) is 5.56 Å². The van der Waals surface area contributed by atoms with Crippen LogP contribution in [0.5, 0.6) is 0 Å². The van der Waals surface area contributed by atoms with Crippen LogP contribution in [-0.2, 0) is 11.3 Å². The molecule has 0 unspecified atom stereocenters. The number of nitrogens with two attached hydrogens (primary N) is 1. The summed E-state index contributed by atoms with van der Waals surface area (Å²) in [4.78, 5) is 11.9. The van der Waals surface area contributed by atoms with Gasteiger partial charge in [0.15, 0.2) is 11.6 Å². The Labute approximate surface area is 115 Å². The van der Waals surface area contributed by atoms with Crippen LogP contribution < -0.4 is 5.73 Å². The molecular weight excluding hydrogens is 264 g/mol. The van der Waals surface area contributed by atoms with Crippen LogP contribution in [0.3, 0.4) is 0 Å². The summed E-state index contributed by atoms with van der Waals surface area (Å²) in [6, 6.07) is 8.48. The van der Waals surface area contributed by atoms with E-state index in [0.29, 0.717) is 16.8 Å². The fraction of sp³-hybridized carbons (Fsp3) is 0.133. The summed E-state index contributed by atoms with van der Waals surface area (Å²) in [7, 11) is 0. The highest BCUT2D eigenvalue weighted by atomic mass is 19.2. The molecule has 0 aromatic heterocycles. The molecule has 20 heavy (non-hydrogen) atoms. The number of rotatable bonds is 3. The number of ether oxygens (including phenoxy) is 1. The predicted molar refractivity (Wildman–Crippen MR) is 71.1 cm³/mol. The molecule has 2 N–H and O–H groups in total. The molecule has 0 saturated heterocycles. The molecule has 0 aliphatic rings. The molecule has 0 amide bonds. The first-order valence-corrected chi connectivity index (χ1v) is 5.95. The van der Waals surface area contributed by atoms with E-state index in [2.05, 4.69) is 0 Å². The zero-order chi connectivity index (χ0) is 14.7. The van der Waals surface area contributed by atoms with Crippen molar-refractivity contribution in [2.45, 2.75) is 13.5 Å². The number of hydrogen-bond donors (Lipinski definition) is 1. The Bertz CT molecular complexity index is 656. The van der Waals surface area contributed by atoms with Crippen molar-refractivity contribution in [3.63, 3.8) is 0 Å². The number of carbonyl (C=O) groups is 1. The Morgan fingerprint density at radius 3 is 2.70 bits per heavy atom. The molecule has 0 aliphatic carbocycles. The SMILES string of the molecule is Cc1cc(N)ccc1C(=O)OCc1cccc(F)c1F. The third-order valence-electron chi connectivity index (χ3n) is 2.86. The minimum absolute atomic E-state index is 0.00792. The van der Waals surface area contributed by atoms with Gasteiger partial charge in [-0.3, -0.25) is 0 Å². The first kappa shape index (κ1) is 14.0. The Hall–Kier alpha value is -2.43. The van der Waals surface area contributed by atoms with Crippen LogP contribution in [0.4, 0.5) is 14.5 Å². The lowest BCUT2D eigenvalue weighted by atomic mass is 10.1. The van der Waals surface area contributed by atoms with Gasteiger partial charge in [0.2, 0.25) is 0 Å². The Morgan fingerprint density at radius 1 is 1.25 bits per heavy atom. The van der Waals surface area contributed by atoms with Gasteiger partial charge in [-0.1, -0.05) is 12.1 Å². The predicted octanol–water partition coefficient (Wildman–Crippen LogP) is 3.21. The number of halogens is 2. The van der Waals surface area contributed by atoms with Crippen LogP contribution in [0.15, 0.2) is 36.4 Å². The van der Waals surface area contributed by atoms with E-state index in [9.17, 15) is 13.6 Å². The highest BCUT2D eigenvalue weighted by Crippen LogP contribution is 2.16. The zero-order valence-corrected chi connectivity index (χ0v) is 10.8. The molecule has 0 spiro atoms. The van der Waals surface area contributed by atoms with Crippen molar-refractivity contribution in [2.24, 2.45) is 0 Å². The second-order valence-electron chi connectivity index (χ2n) is 4.36. The minimum atomic E-state index is -1.01. The molecule has 0 atom stereocenters. The molecule has 2 aromatic carbocycles. The van der Waals surface area contributed by atoms with E-state index >= 15 is 0 Å². The number of hydrogen-bond acceptors (Lipinski definition) is 3. The van der Waals surface area contributed by atoms with Gasteiger partial charge < -0.3 is 10.5 Å². The molecule has 0 saturated carbocycles. The maximum atomic E-state index is 13.4. The van der Waals surface area contributed by atoms with E-state index < -0.39 is 17.6 Å². The second-order valence-corrected chi connectivity index (χ2v) is 4.36. The quantitative estimate of drug-likeness (QED) is 0.692. The molecule has 0 radical (unpaired) electrons. The molecule has 5 heteroatoms. The summed E-state index contributed by atoms with van der Waals surface area (Å²) < 4.78 is 31.4. The van der Waals surface area contributed by atoms with Gasteiger partial charge in [-0.05, 0) is 36.8 Å². The fourth-order valence-corrected chi connectivity index (χ4v) is 1.80.